The zero-order valence-corrected chi connectivity index (χ0v) is 10.5. The molecule has 1 N–H and O–H groups in total. The number of hydrogen-bond donors (Lipinski definition) is 1. The van der Waals surface area contributed by atoms with Crippen molar-refractivity contribution in [1.82, 2.24) is 5.32 Å². The smallest absolute Gasteiger partial charge is 0.264 e. The van der Waals surface area contributed by atoms with Gasteiger partial charge in [-0.2, -0.15) is 0 Å². The minimum atomic E-state index is 0.00471. The van der Waals surface area contributed by atoms with Crippen LogP contribution in [0.1, 0.15) is 0 Å². The van der Waals surface area contributed by atoms with Gasteiger partial charge in [0.25, 0.3) is 5.91 Å². The second kappa shape index (κ2) is 4.49. The van der Waals surface area contributed by atoms with E-state index in [0.717, 1.165) is 43.3 Å². The van der Waals surface area contributed by atoms with Gasteiger partial charge in [-0.15, -0.1) is 0 Å². The fraction of sp³-hybridized carbons (Fsp3) is 0.462. The van der Waals surface area contributed by atoms with Crippen LogP contribution in [-0.4, -0.2) is 45.7 Å². The Kier molecular flexibility index (Phi) is 2.83. The Morgan fingerprint density at radius 3 is 2.83 bits per heavy atom. The summed E-state index contributed by atoms with van der Waals surface area (Å²) in [5.41, 5.74) is 1.99. The highest BCUT2D eigenvalue weighted by Gasteiger charge is 2.27. The number of nitrogens with zero attached hydrogens (tertiary/aromatic N) is 2. The van der Waals surface area contributed by atoms with Crippen LogP contribution in [0.3, 0.4) is 0 Å². The van der Waals surface area contributed by atoms with E-state index in [-0.39, 0.29) is 12.5 Å². The van der Waals surface area contributed by atoms with Gasteiger partial charge in [-0.05, 0) is 12.1 Å². The quantitative estimate of drug-likeness (QED) is 0.782. The Morgan fingerprint density at radius 1 is 1.28 bits per heavy atom. The van der Waals surface area contributed by atoms with Crippen molar-refractivity contribution in [3.63, 3.8) is 0 Å². The number of amides is 1. The van der Waals surface area contributed by atoms with Gasteiger partial charge < -0.3 is 19.9 Å². The monoisotopic (exact) mass is 247 g/mol. The molecule has 0 aliphatic carbocycles. The Labute approximate surface area is 106 Å². The molecule has 0 atom stereocenters. The van der Waals surface area contributed by atoms with Gasteiger partial charge in [-0.25, -0.2) is 0 Å². The van der Waals surface area contributed by atoms with Crippen LogP contribution in [0.2, 0.25) is 0 Å². The molecule has 0 unspecified atom stereocenters. The Balaban J connectivity index is 2.02. The molecule has 1 saturated heterocycles. The second-order valence-electron chi connectivity index (χ2n) is 4.60. The lowest BCUT2D eigenvalue weighted by atomic mass is 10.1. The maximum absolute atomic E-state index is 11.8. The molecule has 2 aliphatic rings. The largest absolute Gasteiger partial charge is 0.481 e. The van der Waals surface area contributed by atoms with Gasteiger partial charge in [0.2, 0.25) is 0 Å². The van der Waals surface area contributed by atoms with Crippen molar-refractivity contribution in [3.8, 4) is 5.75 Å². The van der Waals surface area contributed by atoms with Gasteiger partial charge in [-0.3, -0.25) is 4.79 Å². The number of likely N-dealkylation sites (N-methyl/N-ethyl adjacent to an activating group) is 1. The predicted molar refractivity (Wildman–Crippen MR) is 70.4 cm³/mol. The first-order valence-electron chi connectivity index (χ1n) is 6.25. The van der Waals surface area contributed by atoms with Crippen LogP contribution < -0.4 is 19.9 Å². The van der Waals surface area contributed by atoms with E-state index in [4.69, 9.17) is 4.74 Å². The molecule has 2 heterocycles. The van der Waals surface area contributed by atoms with Crippen LogP contribution in [0, 0.1) is 0 Å². The number of nitrogens with one attached hydrogen (secondary N) is 1. The average molecular weight is 247 g/mol. The fourth-order valence-electron chi connectivity index (χ4n) is 2.49. The van der Waals surface area contributed by atoms with Crippen LogP contribution in [0.15, 0.2) is 18.2 Å². The summed E-state index contributed by atoms with van der Waals surface area (Å²) < 4.78 is 5.50. The molecular formula is C13H17N3O2. The van der Waals surface area contributed by atoms with E-state index in [1.165, 1.54) is 0 Å². The lowest BCUT2D eigenvalue weighted by Crippen LogP contribution is -2.45. The van der Waals surface area contributed by atoms with Gasteiger partial charge in [0.05, 0.1) is 5.69 Å². The summed E-state index contributed by atoms with van der Waals surface area (Å²) in [6, 6.07) is 5.96. The number of hydrogen-bond acceptors (Lipinski definition) is 4. The predicted octanol–water partition coefficient (Wildman–Crippen LogP) is 0.451. The van der Waals surface area contributed by atoms with Crippen molar-refractivity contribution in [2.45, 2.75) is 0 Å². The minimum Gasteiger partial charge on any atom is -0.481 e. The standard InChI is InChI=1S/C13H17N3O2/c1-15-12(17)9-18-11-4-2-3-10(13(11)15)16-7-5-14-6-8-16/h2-4,14H,5-9H2,1H3. The van der Waals surface area contributed by atoms with Gasteiger partial charge in [-0.1, -0.05) is 6.07 Å². The number of fused-ring (bicyclic) bond motifs is 1. The Bertz CT molecular complexity index is 469. The van der Waals surface area contributed by atoms with Crippen LogP contribution in [0.4, 0.5) is 11.4 Å². The van der Waals surface area contributed by atoms with E-state index < -0.39 is 0 Å². The van der Waals surface area contributed by atoms with Gasteiger partial charge >= 0.3 is 0 Å². The zero-order valence-electron chi connectivity index (χ0n) is 10.5. The van der Waals surface area contributed by atoms with Gasteiger partial charge in [0, 0.05) is 33.2 Å². The van der Waals surface area contributed by atoms with E-state index in [2.05, 4.69) is 16.3 Å². The SMILES string of the molecule is CN1C(=O)COc2cccc(N3CCNCC3)c21. The molecule has 0 spiro atoms. The highest BCUT2D eigenvalue weighted by Crippen LogP contribution is 2.39. The summed E-state index contributed by atoms with van der Waals surface area (Å²) in [6.45, 7) is 4.00. The fourth-order valence-corrected chi connectivity index (χ4v) is 2.49. The third-order valence-electron chi connectivity index (χ3n) is 3.50. The lowest BCUT2D eigenvalue weighted by molar-refractivity contribution is -0.120. The van der Waals surface area contributed by atoms with Crippen molar-refractivity contribution in [3.05, 3.63) is 18.2 Å². The topological polar surface area (TPSA) is 44.8 Å². The number of carbonyl (C=O) groups excluding carboxylic acids is 1. The molecular weight excluding hydrogens is 230 g/mol. The molecule has 0 saturated carbocycles. The molecule has 5 nitrogen and oxygen atoms in total. The molecule has 1 aromatic rings. The molecule has 2 aliphatic heterocycles. The first-order valence-corrected chi connectivity index (χ1v) is 6.25. The Morgan fingerprint density at radius 2 is 2.06 bits per heavy atom. The third-order valence-corrected chi connectivity index (χ3v) is 3.50. The normalized spacial score (nSPS) is 19.5. The molecule has 0 bridgehead atoms. The van der Waals surface area contributed by atoms with Crippen LogP contribution in [-0.2, 0) is 4.79 Å². The number of carbonyl (C=O) groups is 1. The molecule has 3 rings (SSSR count). The number of piperazine rings is 1. The van der Waals surface area contributed by atoms with E-state index in [9.17, 15) is 4.79 Å². The number of rotatable bonds is 1. The van der Waals surface area contributed by atoms with E-state index in [1.54, 1.807) is 4.90 Å². The van der Waals surface area contributed by atoms with Gasteiger partial charge in [0.15, 0.2) is 6.61 Å². The van der Waals surface area contributed by atoms with E-state index in [0.29, 0.717) is 0 Å². The average Bonchev–Trinajstić information content (AvgIpc) is 2.43. The molecule has 1 fully saturated rings. The maximum atomic E-state index is 11.8. The van der Waals surface area contributed by atoms with Crippen LogP contribution in [0.25, 0.3) is 0 Å². The number of ether oxygens (including phenoxy) is 1. The molecule has 5 heteroatoms. The van der Waals surface area contributed by atoms with Crippen molar-refractivity contribution in [1.29, 1.82) is 0 Å². The summed E-state index contributed by atoms with van der Waals surface area (Å²) in [4.78, 5) is 15.8. The zero-order chi connectivity index (χ0) is 12.5. The summed E-state index contributed by atoms with van der Waals surface area (Å²) in [6.07, 6.45) is 0. The highest BCUT2D eigenvalue weighted by atomic mass is 16.5. The molecule has 0 aromatic heterocycles. The van der Waals surface area contributed by atoms with Gasteiger partial charge in [0.1, 0.15) is 11.4 Å². The summed E-state index contributed by atoms with van der Waals surface area (Å²) in [5.74, 6) is 0.804. The number of para-hydroxylation sites is 1. The Hall–Kier alpha value is -1.75. The second-order valence-corrected chi connectivity index (χ2v) is 4.60. The first kappa shape index (κ1) is 11.3. The lowest BCUT2D eigenvalue weighted by Gasteiger charge is -2.35. The molecule has 18 heavy (non-hydrogen) atoms. The van der Waals surface area contributed by atoms with Crippen molar-refractivity contribution < 1.29 is 9.53 Å². The summed E-state index contributed by atoms with van der Waals surface area (Å²) >= 11 is 0. The van der Waals surface area contributed by atoms with Crippen molar-refractivity contribution in [2.75, 3.05) is 49.6 Å². The van der Waals surface area contributed by atoms with E-state index in [1.807, 2.05) is 19.2 Å². The van der Waals surface area contributed by atoms with E-state index >= 15 is 0 Å². The number of anilines is 2. The van der Waals surface area contributed by atoms with Crippen LogP contribution >= 0.6 is 0 Å². The maximum Gasteiger partial charge on any atom is 0.264 e. The third kappa shape index (κ3) is 1.80. The molecule has 0 radical (unpaired) electrons. The molecule has 1 amide bonds. The molecule has 1 aromatic carbocycles. The first-order chi connectivity index (χ1) is 8.77. The van der Waals surface area contributed by atoms with Crippen molar-refractivity contribution >= 4 is 17.3 Å². The minimum absolute atomic E-state index is 0.00471. The summed E-state index contributed by atoms with van der Waals surface area (Å²) in [5, 5.41) is 3.33. The number of benzene rings is 1. The van der Waals surface area contributed by atoms with Crippen LogP contribution in [0.5, 0.6) is 5.75 Å². The highest BCUT2D eigenvalue weighted by molar-refractivity contribution is 6.01. The van der Waals surface area contributed by atoms with Crippen molar-refractivity contribution in [2.24, 2.45) is 0 Å². The molecule has 96 valence electrons. The summed E-state index contributed by atoms with van der Waals surface area (Å²) in [7, 11) is 1.81.